The molecular formula is C17H20N4O2S. The van der Waals surface area contributed by atoms with Crippen molar-refractivity contribution in [3.63, 3.8) is 0 Å². The minimum absolute atomic E-state index is 0.394. The van der Waals surface area contributed by atoms with E-state index in [4.69, 9.17) is 4.74 Å². The van der Waals surface area contributed by atoms with E-state index in [1.807, 2.05) is 18.4 Å². The second-order valence-corrected chi connectivity index (χ2v) is 6.52. The van der Waals surface area contributed by atoms with Crippen molar-refractivity contribution in [3.8, 4) is 5.75 Å². The standard InChI is InChI=1S/C17H20N4O2S/c1-21(2)17(22)23-12-9-7-11(8-10-12)18-15-13-5-4-6-14(13)19-16(20-15)24-3/h7-10H,4-6H2,1-3H3,(H,18,19,20). The number of hydrogen-bond acceptors (Lipinski definition) is 6. The van der Waals surface area contributed by atoms with Crippen molar-refractivity contribution in [1.29, 1.82) is 0 Å². The number of ether oxygens (including phenoxy) is 1. The van der Waals surface area contributed by atoms with E-state index >= 15 is 0 Å². The number of aromatic nitrogens is 2. The summed E-state index contributed by atoms with van der Waals surface area (Å²) in [6.45, 7) is 0. The highest BCUT2D eigenvalue weighted by atomic mass is 32.2. The van der Waals surface area contributed by atoms with Crippen LogP contribution in [0.15, 0.2) is 29.4 Å². The van der Waals surface area contributed by atoms with Crippen LogP contribution in [0.25, 0.3) is 0 Å². The number of nitrogens with one attached hydrogen (secondary N) is 1. The fourth-order valence-electron chi connectivity index (χ4n) is 2.54. The van der Waals surface area contributed by atoms with E-state index in [1.54, 1.807) is 38.0 Å². The first-order valence-corrected chi connectivity index (χ1v) is 8.99. The number of amides is 1. The summed E-state index contributed by atoms with van der Waals surface area (Å²) in [4.78, 5) is 22.1. The molecule has 1 heterocycles. The molecule has 24 heavy (non-hydrogen) atoms. The van der Waals surface area contributed by atoms with Crippen LogP contribution in [0, 0.1) is 0 Å². The Kier molecular flexibility index (Phi) is 4.89. The summed E-state index contributed by atoms with van der Waals surface area (Å²) < 4.78 is 5.22. The first kappa shape index (κ1) is 16.6. The molecule has 1 aliphatic rings. The molecule has 7 heteroatoms. The third-order valence-corrected chi connectivity index (χ3v) is 4.33. The van der Waals surface area contributed by atoms with Gasteiger partial charge in [-0.05, 0) is 49.8 Å². The number of rotatable bonds is 4. The Hall–Kier alpha value is -2.28. The summed E-state index contributed by atoms with van der Waals surface area (Å²) >= 11 is 1.55. The minimum Gasteiger partial charge on any atom is -0.410 e. The molecule has 0 aliphatic heterocycles. The minimum atomic E-state index is -0.394. The molecule has 0 bridgehead atoms. The second kappa shape index (κ2) is 7.09. The average molecular weight is 344 g/mol. The molecule has 1 aliphatic carbocycles. The summed E-state index contributed by atoms with van der Waals surface area (Å²) in [5.41, 5.74) is 3.25. The molecule has 126 valence electrons. The van der Waals surface area contributed by atoms with Crippen LogP contribution in [-0.4, -0.2) is 41.3 Å². The van der Waals surface area contributed by atoms with Gasteiger partial charge in [-0.25, -0.2) is 14.8 Å². The molecule has 0 saturated carbocycles. The predicted octanol–water partition coefficient (Wildman–Crippen LogP) is 3.49. The summed E-state index contributed by atoms with van der Waals surface area (Å²) in [5, 5.41) is 4.15. The van der Waals surface area contributed by atoms with Crippen LogP contribution in [0.4, 0.5) is 16.3 Å². The van der Waals surface area contributed by atoms with E-state index in [1.165, 1.54) is 10.5 Å². The molecule has 0 spiro atoms. The largest absolute Gasteiger partial charge is 0.414 e. The van der Waals surface area contributed by atoms with Gasteiger partial charge in [-0.15, -0.1) is 0 Å². The molecular weight excluding hydrogens is 324 g/mol. The highest BCUT2D eigenvalue weighted by molar-refractivity contribution is 7.98. The molecule has 1 aromatic heterocycles. The summed E-state index contributed by atoms with van der Waals surface area (Å²) in [6.07, 6.45) is 4.73. The average Bonchev–Trinajstić information content (AvgIpc) is 3.05. The van der Waals surface area contributed by atoms with E-state index in [2.05, 4.69) is 15.3 Å². The van der Waals surface area contributed by atoms with Gasteiger partial charge in [-0.1, -0.05) is 11.8 Å². The SMILES string of the molecule is CSc1nc2c(c(Nc3ccc(OC(=O)N(C)C)cc3)n1)CCC2. The number of carbonyl (C=O) groups excluding carboxylic acids is 1. The molecule has 6 nitrogen and oxygen atoms in total. The third-order valence-electron chi connectivity index (χ3n) is 3.78. The number of thioether (sulfide) groups is 1. The maximum Gasteiger partial charge on any atom is 0.414 e. The van der Waals surface area contributed by atoms with Gasteiger partial charge in [0.15, 0.2) is 5.16 Å². The normalized spacial score (nSPS) is 12.6. The second-order valence-electron chi connectivity index (χ2n) is 5.75. The Morgan fingerprint density at radius 2 is 1.96 bits per heavy atom. The zero-order valence-electron chi connectivity index (χ0n) is 14.0. The molecule has 0 fully saturated rings. The van der Waals surface area contributed by atoms with Crippen molar-refractivity contribution in [3.05, 3.63) is 35.5 Å². The van der Waals surface area contributed by atoms with E-state index < -0.39 is 6.09 Å². The van der Waals surface area contributed by atoms with Gasteiger partial charge in [0.1, 0.15) is 11.6 Å². The Bertz CT molecular complexity index is 747. The lowest BCUT2D eigenvalue weighted by molar-refractivity contribution is 0.172. The zero-order chi connectivity index (χ0) is 17.1. The summed E-state index contributed by atoms with van der Waals surface area (Å²) in [5.74, 6) is 1.39. The fraction of sp³-hybridized carbons (Fsp3) is 0.353. The number of carbonyl (C=O) groups is 1. The maximum absolute atomic E-state index is 11.6. The molecule has 2 aromatic rings. The van der Waals surface area contributed by atoms with E-state index in [-0.39, 0.29) is 0 Å². The van der Waals surface area contributed by atoms with Gasteiger partial charge in [0.25, 0.3) is 0 Å². The number of hydrogen-bond donors (Lipinski definition) is 1. The number of anilines is 2. The van der Waals surface area contributed by atoms with Gasteiger partial charge >= 0.3 is 6.09 Å². The van der Waals surface area contributed by atoms with Gasteiger partial charge < -0.3 is 15.0 Å². The van der Waals surface area contributed by atoms with Crippen LogP contribution in [0.1, 0.15) is 17.7 Å². The molecule has 0 radical (unpaired) electrons. The van der Waals surface area contributed by atoms with Crippen molar-refractivity contribution in [2.24, 2.45) is 0 Å². The highest BCUT2D eigenvalue weighted by Crippen LogP contribution is 2.30. The molecule has 1 N–H and O–H groups in total. The number of aryl methyl sites for hydroxylation is 1. The lowest BCUT2D eigenvalue weighted by Gasteiger charge is -2.13. The van der Waals surface area contributed by atoms with Crippen LogP contribution in [0.3, 0.4) is 0 Å². The fourth-order valence-corrected chi connectivity index (χ4v) is 2.92. The van der Waals surface area contributed by atoms with Crippen LogP contribution in [-0.2, 0) is 12.8 Å². The van der Waals surface area contributed by atoms with Crippen molar-refractivity contribution >= 4 is 29.4 Å². The van der Waals surface area contributed by atoms with Crippen LogP contribution in [0.5, 0.6) is 5.75 Å². The Labute approximate surface area is 145 Å². The monoisotopic (exact) mass is 344 g/mol. The molecule has 1 amide bonds. The van der Waals surface area contributed by atoms with Crippen molar-refractivity contribution < 1.29 is 9.53 Å². The van der Waals surface area contributed by atoms with Gasteiger partial charge in [0.2, 0.25) is 0 Å². The van der Waals surface area contributed by atoms with Crippen LogP contribution < -0.4 is 10.1 Å². The van der Waals surface area contributed by atoms with Crippen molar-refractivity contribution in [1.82, 2.24) is 14.9 Å². The van der Waals surface area contributed by atoms with Gasteiger partial charge in [0, 0.05) is 25.3 Å². The molecule has 3 rings (SSSR count). The lowest BCUT2D eigenvalue weighted by atomic mass is 10.2. The van der Waals surface area contributed by atoms with E-state index in [0.717, 1.165) is 41.6 Å². The Morgan fingerprint density at radius 3 is 2.62 bits per heavy atom. The van der Waals surface area contributed by atoms with E-state index in [9.17, 15) is 4.79 Å². The molecule has 0 saturated heterocycles. The summed E-state index contributed by atoms with van der Waals surface area (Å²) in [6, 6.07) is 7.28. The molecule has 1 aromatic carbocycles. The van der Waals surface area contributed by atoms with Crippen LogP contribution >= 0.6 is 11.8 Å². The smallest absolute Gasteiger partial charge is 0.410 e. The Balaban J connectivity index is 1.77. The maximum atomic E-state index is 11.6. The molecule has 0 atom stereocenters. The van der Waals surface area contributed by atoms with Crippen molar-refractivity contribution in [2.75, 3.05) is 25.7 Å². The van der Waals surface area contributed by atoms with Crippen molar-refractivity contribution in [2.45, 2.75) is 24.4 Å². The number of benzene rings is 1. The summed E-state index contributed by atoms with van der Waals surface area (Å²) in [7, 11) is 3.30. The number of fused-ring (bicyclic) bond motifs is 1. The third kappa shape index (κ3) is 3.62. The van der Waals surface area contributed by atoms with Crippen LogP contribution in [0.2, 0.25) is 0 Å². The quantitative estimate of drug-likeness (QED) is 0.676. The van der Waals surface area contributed by atoms with Gasteiger partial charge in [0.05, 0.1) is 5.69 Å². The van der Waals surface area contributed by atoms with Gasteiger partial charge in [-0.3, -0.25) is 0 Å². The Morgan fingerprint density at radius 1 is 1.21 bits per heavy atom. The lowest BCUT2D eigenvalue weighted by Crippen LogP contribution is -2.25. The predicted molar refractivity (Wildman–Crippen MR) is 95.3 cm³/mol. The number of nitrogens with zero attached hydrogens (tertiary/aromatic N) is 3. The first-order valence-electron chi connectivity index (χ1n) is 7.77. The zero-order valence-corrected chi connectivity index (χ0v) is 14.8. The van der Waals surface area contributed by atoms with Gasteiger partial charge in [-0.2, -0.15) is 0 Å². The van der Waals surface area contributed by atoms with E-state index in [0.29, 0.717) is 5.75 Å². The first-order chi connectivity index (χ1) is 11.6. The topological polar surface area (TPSA) is 67.4 Å². The highest BCUT2D eigenvalue weighted by Gasteiger charge is 2.19. The molecule has 0 unspecified atom stereocenters.